The van der Waals surface area contributed by atoms with Crippen molar-refractivity contribution in [1.82, 2.24) is 5.32 Å². The molecule has 0 saturated heterocycles. The fraction of sp³-hybridized carbons (Fsp3) is 0.458. The van der Waals surface area contributed by atoms with Crippen LogP contribution in [0.1, 0.15) is 49.3 Å². The molecule has 0 spiro atoms. The van der Waals surface area contributed by atoms with Crippen LogP contribution in [0.5, 0.6) is 5.75 Å². The molecule has 0 radical (unpaired) electrons. The van der Waals surface area contributed by atoms with Crippen molar-refractivity contribution in [3.05, 3.63) is 65.2 Å². The zero-order valence-electron chi connectivity index (χ0n) is 16.9. The summed E-state index contributed by atoms with van der Waals surface area (Å²) in [5.41, 5.74) is 3.71. The molecule has 0 heterocycles. The Morgan fingerprint density at radius 1 is 1.04 bits per heavy atom. The third-order valence-electron chi connectivity index (χ3n) is 5.59. The minimum absolute atomic E-state index is 0.152. The van der Waals surface area contributed by atoms with Gasteiger partial charge in [-0.3, -0.25) is 4.79 Å². The van der Waals surface area contributed by atoms with Gasteiger partial charge in [-0.1, -0.05) is 42.0 Å². The molecule has 4 nitrogen and oxygen atoms in total. The number of carboxylic acids is 1. The molecule has 0 amide bonds. The summed E-state index contributed by atoms with van der Waals surface area (Å²) < 4.78 is 5.88. The van der Waals surface area contributed by atoms with E-state index in [1.165, 1.54) is 16.7 Å². The highest BCUT2D eigenvalue weighted by Gasteiger charge is 2.26. The molecule has 4 heteroatoms. The van der Waals surface area contributed by atoms with Crippen molar-refractivity contribution in [2.24, 2.45) is 5.92 Å². The van der Waals surface area contributed by atoms with Gasteiger partial charge in [0.2, 0.25) is 0 Å². The maximum atomic E-state index is 11.1. The van der Waals surface area contributed by atoms with E-state index in [9.17, 15) is 4.79 Å². The zero-order valence-corrected chi connectivity index (χ0v) is 16.9. The molecule has 3 rings (SSSR count). The van der Waals surface area contributed by atoms with Crippen LogP contribution in [0.4, 0.5) is 0 Å². The summed E-state index contributed by atoms with van der Waals surface area (Å²) in [5.74, 6) is 0.0916. The molecule has 0 bridgehead atoms. The van der Waals surface area contributed by atoms with Crippen molar-refractivity contribution in [3.8, 4) is 5.75 Å². The summed E-state index contributed by atoms with van der Waals surface area (Å²) in [4.78, 5) is 11.1. The Bertz CT molecular complexity index is 746. The molecule has 1 aliphatic carbocycles. The summed E-state index contributed by atoms with van der Waals surface area (Å²) in [6.07, 6.45) is 4.43. The molecule has 0 aromatic heterocycles. The van der Waals surface area contributed by atoms with Gasteiger partial charge in [-0.15, -0.1) is 0 Å². The van der Waals surface area contributed by atoms with Gasteiger partial charge >= 0.3 is 5.97 Å². The fourth-order valence-electron chi connectivity index (χ4n) is 3.89. The smallest absolute Gasteiger partial charge is 0.306 e. The van der Waals surface area contributed by atoms with Crippen LogP contribution < -0.4 is 10.1 Å². The number of hydrogen-bond acceptors (Lipinski definition) is 3. The summed E-state index contributed by atoms with van der Waals surface area (Å²) in [5, 5.41) is 12.8. The van der Waals surface area contributed by atoms with Gasteiger partial charge in [0.05, 0.1) is 5.92 Å². The van der Waals surface area contributed by atoms with E-state index in [-0.39, 0.29) is 5.92 Å². The predicted octanol–water partition coefficient (Wildman–Crippen LogP) is 4.74. The van der Waals surface area contributed by atoms with E-state index in [4.69, 9.17) is 9.84 Å². The van der Waals surface area contributed by atoms with E-state index in [0.29, 0.717) is 18.7 Å². The van der Waals surface area contributed by atoms with Gasteiger partial charge in [0.25, 0.3) is 0 Å². The molecule has 28 heavy (non-hydrogen) atoms. The van der Waals surface area contributed by atoms with Crippen molar-refractivity contribution < 1.29 is 14.6 Å². The number of rotatable bonds is 8. The zero-order chi connectivity index (χ0) is 19.9. The third-order valence-corrected chi connectivity index (χ3v) is 5.59. The molecule has 2 aromatic carbocycles. The van der Waals surface area contributed by atoms with Crippen LogP contribution in [0, 0.1) is 12.8 Å². The first-order chi connectivity index (χ1) is 13.5. The van der Waals surface area contributed by atoms with Crippen molar-refractivity contribution in [2.75, 3.05) is 0 Å². The lowest BCUT2D eigenvalue weighted by molar-refractivity contribution is -0.142. The number of carbonyl (C=O) groups is 1. The molecule has 1 atom stereocenters. The molecule has 150 valence electrons. The first kappa shape index (κ1) is 20.4. The molecule has 0 aliphatic heterocycles. The first-order valence-corrected chi connectivity index (χ1v) is 10.3. The summed E-state index contributed by atoms with van der Waals surface area (Å²) in [7, 11) is 0. The Labute approximate surface area is 167 Å². The maximum absolute atomic E-state index is 11.1. The predicted molar refractivity (Wildman–Crippen MR) is 112 cm³/mol. The van der Waals surface area contributed by atoms with Crippen LogP contribution in [0.15, 0.2) is 48.5 Å². The van der Waals surface area contributed by atoms with Crippen LogP contribution in [-0.4, -0.2) is 23.2 Å². The van der Waals surface area contributed by atoms with E-state index in [0.717, 1.165) is 37.9 Å². The second-order valence-electron chi connectivity index (χ2n) is 8.08. The van der Waals surface area contributed by atoms with E-state index < -0.39 is 5.97 Å². The summed E-state index contributed by atoms with van der Waals surface area (Å²) in [6.45, 7) is 4.86. The second kappa shape index (κ2) is 9.74. The normalized spacial score (nSPS) is 20.5. The number of nitrogens with one attached hydrogen (secondary N) is 1. The molecular formula is C24H31NO3. The number of aryl methyl sites for hydroxylation is 1. The molecule has 2 aromatic rings. The largest absolute Gasteiger partial charge is 0.489 e. The number of aliphatic carboxylic acids is 1. The Hall–Kier alpha value is -2.33. The Morgan fingerprint density at radius 2 is 1.64 bits per heavy atom. The highest BCUT2D eigenvalue weighted by molar-refractivity contribution is 5.70. The van der Waals surface area contributed by atoms with Gasteiger partial charge in [-0.2, -0.15) is 0 Å². The first-order valence-electron chi connectivity index (χ1n) is 10.3. The standard InChI is InChI=1S/C24H31NO3/c1-17-3-5-20(6-4-17)16-28-23-13-7-19(8-14-23)15-18(2)25-22-11-9-21(10-12-22)24(26)27/h3-8,13-14,18,21-22,25H,9-12,15-16H2,1-2H3,(H,26,27). The number of ether oxygens (including phenoxy) is 1. The second-order valence-corrected chi connectivity index (χ2v) is 8.08. The van der Waals surface area contributed by atoms with E-state index in [1.54, 1.807) is 0 Å². The topological polar surface area (TPSA) is 58.6 Å². The molecular weight excluding hydrogens is 350 g/mol. The number of carboxylic acid groups (broad SMARTS) is 1. The fourth-order valence-corrected chi connectivity index (χ4v) is 3.89. The molecule has 1 fully saturated rings. The van der Waals surface area contributed by atoms with Crippen molar-refractivity contribution in [2.45, 2.75) is 64.6 Å². The third kappa shape index (κ3) is 6.10. The SMILES string of the molecule is Cc1ccc(COc2ccc(CC(C)NC3CCC(C(=O)O)CC3)cc2)cc1. The van der Waals surface area contributed by atoms with Crippen LogP contribution in [0.3, 0.4) is 0 Å². The van der Waals surface area contributed by atoms with Crippen LogP contribution in [-0.2, 0) is 17.8 Å². The molecule has 1 saturated carbocycles. The average molecular weight is 382 g/mol. The minimum atomic E-state index is -0.642. The Balaban J connectivity index is 1.42. The summed E-state index contributed by atoms with van der Waals surface area (Å²) >= 11 is 0. The highest BCUT2D eigenvalue weighted by atomic mass is 16.5. The Kier molecular flexibility index (Phi) is 7.10. The van der Waals surface area contributed by atoms with Gasteiger partial charge in [0.15, 0.2) is 0 Å². The lowest BCUT2D eigenvalue weighted by Gasteiger charge is -2.29. The lowest BCUT2D eigenvalue weighted by atomic mass is 9.85. The molecule has 1 aliphatic rings. The highest BCUT2D eigenvalue weighted by Crippen LogP contribution is 2.25. The number of hydrogen-bond donors (Lipinski definition) is 2. The van der Waals surface area contributed by atoms with Gasteiger partial charge in [-0.05, 0) is 69.2 Å². The van der Waals surface area contributed by atoms with Gasteiger partial charge in [0.1, 0.15) is 12.4 Å². The average Bonchev–Trinajstić information content (AvgIpc) is 2.69. The van der Waals surface area contributed by atoms with Gasteiger partial charge in [0, 0.05) is 12.1 Å². The van der Waals surface area contributed by atoms with Crippen molar-refractivity contribution >= 4 is 5.97 Å². The van der Waals surface area contributed by atoms with E-state index in [2.05, 4.69) is 55.6 Å². The van der Waals surface area contributed by atoms with Crippen LogP contribution in [0.2, 0.25) is 0 Å². The van der Waals surface area contributed by atoms with Gasteiger partial charge < -0.3 is 15.2 Å². The Morgan fingerprint density at radius 3 is 2.25 bits per heavy atom. The summed E-state index contributed by atoms with van der Waals surface area (Å²) in [6, 6.07) is 17.5. The number of benzene rings is 2. The monoisotopic (exact) mass is 381 g/mol. The molecule has 1 unspecified atom stereocenters. The van der Waals surface area contributed by atoms with E-state index in [1.807, 2.05) is 12.1 Å². The maximum Gasteiger partial charge on any atom is 0.306 e. The quantitative estimate of drug-likeness (QED) is 0.693. The van der Waals surface area contributed by atoms with Crippen molar-refractivity contribution in [1.29, 1.82) is 0 Å². The van der Waals surface area contributed by atoms with Crippen LogP contribution in [0.25, 0.3) is 0 Å². The van der Waals surface area contributed by atoms with Crippen LogP contribution >= 0.6 is 0 Å². The minimum Gasteiger partial charge on any atom is -0.489 e. The molecule has 2 N–H and O–H groups in total. The van der Waals surface area contributed by atoms with Crippen molar-refractivity contribution in [3.63, 3.8) is 0 Å². The van der Waals surface area contributed by atoms with Gasteiger partial charge in [-0.25, -0.2) is 0 Å². The van der Waals surface area contributed by atoms with E-state index >= 15 is 0 Å². The lowest BCUT2D eigenvalue weighted by Crippen LogP contribution is -2.40.